The molecule has 0 fully saturated rings. The lowest BCUT2D eigenvalue weighted by molar-refractivity contribution is -0.167. The molecule has 0 saturated carbocycles. The summed E-state index contributed by atoms with van der Waals surface area (Å²) in [6.45, 7) is 6.42. The summed E-state index contributed by atoms with van der Waals surface area (Å²) < 4.78 is 16.8. The Bertz CT molecular complexity index is 1310. The largest absolute Gasteiger partial charge is 0.462 e. The van der Waals surface area contributed by atoms with Crippen LogP contribution in [0.2, 0.25) is 0 Å². The molecule has 0 amide bonds. The number of hydrogen-bond acceptors (Lipinski definition) is 6. The van der Waals surface area contributed by atoms with Crippen LogP contribution in [0.5, 0.6) is 0 Å². The van der Waals surface area contributed by atoms with Crippen LogP contribution in [0.1, 0.15) is 239 Å². The van der Waals surface area contributed by atoms with Crippen molar-refractivity contribution < 1.29 is 28.6 Å². The highest BCUT2D eigenvalue weighted by Crippen LogP contribution is 2.13. The van der Waals surface area contributed by atoms with E-state index in [0.717, 1.165) is 103 Å². The van der Waals surface area contributed by atoms with Crippen LogP contribution in [0.25, 0.3) is 0 Å². The molecule has 65 heavy (non-hydrogen) atoms. The second-order valence-corrected chi connectivity index (χ2v) is 17.4. The van der Waals surface area contributed by atoms with Gasteiger partial charge >= 0.3 is 17.9 Å². The van der Waals surface area contributed by atoms with E-state index in [1.807, 2.05) is 0 Å². The molecule has 0 aliphatic carbocycles. The van der Waals surface area contributed by atoms with Gasteiger partial charge < -0.3 is 14.2 Å². The number of ether oxygens (including phenoxy) is 3. The van der Waals surface area contributed by atoms with Gasteiger partial charge in [0.2, 0.25) is 0 Å². The van der Waals surface area contributed by atoms with Crippen LogP contribution in [-0.2, 0) is 28.6 Å². The third-order valence-electron chi connectivity index (χ3n) is 11.0. The van der Waals surface area contributed by atoms with E-state index in [2.05, 4.69) is 118 Å². The minimum absolute atomic E-state index is 0.104. The number of carbonyl (C=O) groups is 3. The van der Waals surface area contributed by atoms with Crippen LogP contribution in [0.4, 0.5) is 0 Å². The summed E-state index contributed by atoms with van der Waals surface area (Å²) in [5, 5.41) is 0. The monoisotopic (exact) mass is 903 g/mol. The van der Waals surface area contributed by atoms with Crippen molar-refractivity contribution in [3.8, 4) is 0 Å². The van der Waals surface area contributed by atoms with Crippen molar-refractivity contribution in [2.24, 2.45) is 0 Å². The van der Waals surface area contributed by atoms with E-state index in [1.54, 1.807) is 0 Å². The molecule has 0 aliphatic heterocycles. The number of hydrogen-bond donors (Lipinski definition) is 0. The molecule has 0 bridgehead atoms. The number of carbonyl (C=O) groups excluding carboxylic acids is 3. The molecule has 6 heteroatoms. The zero-order valence-electron chi connectivity index (χ0n) is 42.2. The van der Waals surface area contributed by atoms with Crippen molar-refractivity contribution >= 4 is 17.9 Å². The zero-order chi connectivity index (χ0) is 47.2. The lowest BCUT2D eigenvalue weighted by Crippen LogP contribution is -2.30. The first-order chi connectivity index (χ1) is 32.0. The standard InChI is InChI=1S/C59H98O6/c1-4-7-10-13-16-19-22-25-28-29-32-34-37-40-43-46-49-52-58(61)64-55-56(65-59(62)53-50-47-44-41-38-35-31-27-24-21-18-15-12-9-6-3)54-63-57(60)51-48-45-42-39-36-33-30-26-23-20-17-14-11-8-5-2/h7,10,16,18-21,23,25,27-28,31-32,34,38,41,56H,4-6,8-9,11-15,17,22,24,26,29-30,33,35-37,39-40,42-55H2,1-3H3/b10-7-,19-16-,21-18-,23-20-,28-25-,31-27-,34-32-,41-38-/t56-/m0/s1. The summed E-state index contributed by atoms with van der Waals surface area (Å²) in [6.07, 6.45) is 69.6. The molecule has 370 valence electrons. The predicted octanol–water partition coefficient (Wildman–Crippen LogP) is 17.8. The molecule has 0 aromatic carbocycles. The van der Waals surface area contributed by atoms with Gasteiger partial charge in [-0.15, -0.1) is 0 Å². The Morgan fingerprint density at radius 3 is 1.02 bits per heavy atom. The number of esters is 3. The lowest BCUT2D eigenvalue weighted by Gasteiger charge is -2.18. The molecule has 6 nitrogen and oxygen atoms in total. The molecule has 0 N–H and O–H groups in total. The lowest BCUT2D eigenvalue weighted by atomic mass is 10.1. The molecule has 0 rings (SSSR count). The van der Waals surface area contributed by atoms with E-state index in [1.165, 1.54) is 89.9 Å². The number of unbranched alkanes of at least 4 members (excludes halogenated alkanes) is 20. The molecule has 0 radical (unpaired) electrons. The summed E-state index contributed by atoms with van der Waals surface area (Å²) >= 11 is 0. The van der Waals surface area contributed by atoms with E-state index >= 15 is 0 Å². The van der Waals surface area contributed by atoms with Crippen LogP contribution in [0, 0.1) is 0 Å². The normalized spacial score (nSPS) is 12.8. The summed E-state index contributed by atoms with van der Waals surface area (Å²) in [4.78, 5) is 38.0. The fourth-order valence-electron chi connectivity index (χ4n) is 7.02. The van der Waals surface area contributed by atoms with Gasteiger partial charge in [0.15, 0.2) is 6.10 Å². The third-order valence-corrected chi connectivity index (χ3v) is 11.0. The Morgan fingerprint density at radius 2 is 0.600 bits per heavy atom. The quantitative estimate of drug-likeness (QED) is 0.0262. The Morgan fingerprint density at radius 1 is 0.323 bits per heavy atom. The first-order valence-corrected chi connectivity index (χ1v) is 26.7. The molecular formula is C59H98O6. The molecule has 0 saturated heterocycles. The van der Waals surface area contributed by atoms with Gasteiger partial charge in [-0.1, -0.05) is 195 Å². The number of allylic oxidation sites excluding steroid dienone is 16. The maximum atomic E-state index is 12.8. The Kier molecular flexibility index (Phi) is 50.0. The predicted molar refractivity (Wildman–Crippen MR) is 279 cm³/mol. The average Bonchev–Trinajstić information content (AvgIpc) is 3.30. The molecule has 1 atom stereocenters. The minimum atomic E-state index is -0.810. The molecule has 0 unspecified atom stereocenters. The summed E-state index contributed by atoms with van der Waals surface area (Å²) in [5.41, 5.74) is 0. The maximum Gasteiger partial charge on any atom is 0.306 e. The van der Waals surface area contributed by atoms with E-state index in [-0.39, 0.29) is 37.5 Å². The van der Waals surface area contributed by atoms with E-state index in [4.69, 9.17) is 14.2 Å². The highest BCUT2D eigenvalue weighted by molar-refractivity contribution is 5.71. The van der Waals surface area contributed by atoms with Gasteiger partial charge in [-0.25, -0.2) is 0 Å². The average molecular weight is 903 g/mol. The highest BCUT2D eigenvalue weighted by Gasteiger charge is 2.19. The van der Waals surface area contributed by atoms with Gasteiger partial charge in [-0.3, -0.25) is 14.4 Å². The maximum absolute atomic E-state index is 12.8. The van der Waals surface area contributed by atoms with E-state index < -0.39 is 6.10 Å². The van der Waals surface area contributed by atoms with Crippen molar-refractivity contribution in [1.82, 2.24) is 0 Å². The van der Waals surface area contributed by atoms with E-state index in [9.17, 15) is 14.4 Å². The Labute approximate surface area is 400 Å². The minimum Gasteiger partial charge on any atom is -0.462 e. The van der Waals surface area contributed by atoms with Crippen molar-refractivity contribution in [2.45, 2.75) is 245 Å². The Balaban J connectivity index is 4.50. The first kappa shape index (κ1) is 61.3. The van der Waals surface area contributed by atoms with Gasteiger partial charge in [-0.05, 0) is 122 Å². The topological polar surface area (TPSA) is 78.9 Å². The van der Waals surface area contributed by atoms with Crippen molar-refractivity contribution in [3.63, 3.8) is 0 Å². The van der Waals surface area contributed by atoms with Crippen LogP contribution in [0.3, 0.4) is 0 Å². The first-order valence-electron chi connectivity index (χ1n) is 26.7. The second kappa shape index (κ2) is 52.9. The van der Waals surface area contributed by atoms with Gasteiger partial charge in [0, 0.05) is 19.3 Å². The highest BCUT2D eigenvalue weighted by atomic mass is 16.6. The fourth-order valence-corrected chi connectivity index (χ4v) is 7.02. The van der Waals surface area contributed by atoms with Crippen molar-refractivity contribution in [3.05, 3.63) is 97.2 Å². The van der Waals surface area contributed by atoms with Crippen molar-refractivity contribution in [1.29, 1.82) is 0 Å². The smallest absolute Gasteiger partial charge is 0.306 e. The molecule has 0 aromatic heterocycles. The second-order valence-electron chi connectivity index (χ2n) is 17.4. The number of rotatable bonds is 47. The summed E-state index contributed by atoms with van der Waals surface area (Å²) in [5.74, 6) is -0.973. The molecule has 0 aromatic rings. The van der Waals surface area contributed by atoms with Crippen LogP contribution in [-0.4, -0.2) is 37.2 Å². The van der Waals surface area contributed by atoms with Gasteiger partial charge in [0.05, 0.1) is 0 Å². The fraction of sp³-hybridized carbons (Fsp3) is 0.678. The van der Waals surface area contributed by atoms with Gasteiger partial charge in [-0.2, -0.15) is 0 Å². The van der Waals surface area contributed by atoms with Crippen LogP contribution in [0.15, 0.2) is 97.2 Å². The Hall–Kier alpha value is -3.67. The molecular weight excluding hydrogens is 805 g/mol. The molecule has 0 heterocycles. The van der Waals surface area contributed by atoms with Crippen LogP contribution >= 0.6 is 0 Å². The molecule has 0 aliphatic rings. The van der Waals surface area contributed by atoms with Crippen molar-refractivity contribution in [2.75, 3.05) is 13.2 Å². The van der Waals surface area contributed by atoms with Gasteiger partial charge in [0.1, 0.15) is 13.2 Å². The summed E-state index contributed by atoms with van der Waals surface area (Å²) in [7, 11) is 0. The summed E-state index contributed by atoms with van der Waals surface area (Å²) in [6, 6.07) is 0. The SMILES string of the molecule is CC/C=C\C/C=C\C/C=C\C/C=C\CCCCCCC(=O)OC[C@H](COC(=O)CCCCCCCCC/C=C\CCCCCC)OC(=O)CCCC/C=C\C/C=C\C/C=C\CCCCC. The van der Waals surface area contributed by atoms with Gasteiger partial charge in [0.25, 0.3) is 0 Å². The zero-order valence-corrected chi connectivity index (χ0v) is 42.2. The van der Waals surface area contributed by atoms with Crippen LogP contribution < -0.4 is 0 Å². The third kappa shape index (κ3) is 51.2. The van der Waals surface area contributed by atoms with E-state index in [0.29, 0.717) is 19.3 Å². The molecule has 0 spiro atoms.